The zero-order chi connectivity index (χ0) is 19.2. The standard InChI is InChI=1S/C22H30N4O/c1-4-24(2)20-12-9-11-19(16-20)23-22(27)25(3)17-18-10-5-6-13-21(18)26-14-7-8-15-26/h5-6,9-13,16H,4,7-8,14-15,17H2,1-3H3,(H,23,27). The minimum absolute atomic E-state index is 0.0949. The number of hydrogen-bond donors (Lipinski definition) is 1. The van der Waals surface area contributed by atoms with Gasteiger partial charge in [0.15, 0.2) is 0 Å². The maximum absolute atomic E-state index is 12.7. The van der Waals surface area contributed by atoms with Gasteiger partial charge < -0.3 is 20.0 Å². The SMILES string of the molecule is CCN(C)c1cccc(NC(=O)N(C)Cc2ccccc2N2CCCC2)c1. The number of hydrogen-bond acceptors (Lipinski definition) is 3. The molecule has 1 aliphatic rings. The van der Waals surface area contributed by atoms with Crippen LogP contribution < -0.4 is 15.1 Å². The van der Waals surface area contributed by atoms with Crippen molar-refractivity contribution in [3.8, 4) is 0 Å². The maximum Gasteiger partial charge on any atom is 0.321 e. The summed E-state index contributed by atoms with van der Waals surface area (Å²) in [5, 5.41) is 3.02. The largest absolute Gasteiger partial charge is 0.375 e. The topological polar surface area (TPSA) is 38.8 Å². The van der Waals surface area contributed by atoms with Gasteiger partial charge in [-0.2, -0.15) is 0 Å². The Bertz CT molecular complexity index is 770. The van der Waals surface area contributed by atoms with E-state index >= 15 is 0 Å². The Morgan fingerprint density at radius 2 is 1.81 bits per heavy atom. The lowest BCUT2D eigenvalue weighted by Crippen LogP contribution is -2.31. The summed E-state index contributed by atoms with van der Waals surface area (Å²) in [7, 11) is 3.89. The molecule has 2 aromatic carbocycles. The van der Waals surface area contributed by atoms with Gasteiger partial charge in [-0.15, -0.1) is 0 Å². The van der Waals surface area contributed by atoms with Crippen LogP contribution in [0.4, 0.5) is 21.9 Å². The second-order valence-corrected chi connectivity index (χ2v) is 7.17. The lowest BCUT2D eigenvalue weighted by atomic mass is 10.1. The summed E-state index contributed by atoms with van der Waals surface area (Å²) < 4.78 is 0. The number of anilines is 3. The quantitative estimate of drug-likeness (QED) is 0.823. The molecule has 1 heterocycles. The molecule has 0 saturated carbocycles. The van der Waals surface area contributed by atoms with E-state index in [4.69, 9.17) is 0 Å². The summed E-state index contributed by atoms with van der Waals surface area (Å²) in [4.78, 5) is 19.0. The van der Waals surface area contributed by atoms with E-state index < -0.39 is 0 Å². The molecule has 0 unspecified atom stereocenters. The monoisotopic (exact) mass is 366 g/mol. The summed E-state index contributed by atoms with van der Waals surface area (Å²) in [6.45, 7) is 5.82. The average molecular weight is 367 g/mol. The molecule has 144 valence electrons. The van der Waals surface area contributed by atoms with Crippen LogP contribution in [0.2, 0.25) is 0 Å². The first-order valence-corrected chi connectivity index (χ1v) is 9.74. The van der Waals surface area contributed by atoms with Crippen LogP contribution in [-0.4, -0.2) is 44.7 Å². The summed E-state index contributed by atoms with van der Waals surface area (Å²) >= 11 is 0. The van der Waals surface area contributed by atoms with Crippen molar-refractivity contribution in [3.05, 3.63) is 54.1 Å². The summed E-state index contributed by atoms with van der Waals surface area (Å²) in [5.41, 5.74) is 4.35. The van der Waals surface area contributed by atoms with E-state index in [2.05, 4.69) is 46.3 Å². The third-order valence-corrected chi connectivity index (χ3v) is 5.21. The lowest BCUT2D eigenvalue weighted by Gasteiger charge is -2.25. The molecule has 1 N–H and O–H groups in total. The van der Waals surface area contributed by atoms with Crippen LogP contribution in [0.5, 0.6) is 0 Å². The average Bonchev–Trinajstić information content (AvgIpc) is 3.22. The van der Waals surface area contributed by atoms with E-state index in [1.54, 1.807) is 4.90 Å². The third kappa shape index (κ3) is 4.73. The van der Waals surface area contributed by atoms with Crippen molar-refractivity contribution in [1.82, 2.24) is 4.90 Å². The minimum atomic E-state index is -0.0949. The first kappa shape index (κ1) is 19.1. The molecule has 1 aliphatic heterocycles. The van der Waals surface area contributed by atoms with Crippen LogP contribution in [0.25, 0.3) is 0 Å². The molecule has 0 atom stereocenters. The van der Waals surface area contributed by atoms with E-state index in [-0.39, 0.29) is 6.03 Å². The van der Waals surface area contributed by atoms with Gasteiger partial charge in [0.2, 0.25) is 0 Å². The number of nitrogens with one attached hydrogen (secondary N) is 1. The highest BCUT2D eigenvalue weighted by Gasteiger charge is 2.17. The Morgan fingerprint density at radius 1 is 1.07 bits per heavy atom. The number of urea groups is 1. The van der Waals surface area contributed by atoms with Crippen molar-refractivity contribution >= 4 is 23.1 Å². The second-order valence-electron chi connectivity index (χ2n) is 7.17. The molecule has 27 heavy (non-hydrogen) atoms. The molecule has 0 radical (unpaired) electrons. The fourth-order valence-corrected chi connectivity index (χ4v) is 3.46. The third-order valence-electron chi connectivity index (χ3n) is 5.21. The molecule has 1 fully saturated rings. The summed E-state index contributed by atoms with van der Waals surface area (Å²) in [5.74, 6) is 0. The molecule has 0 aromatic heterocycles. The molecule has 0 aliphatic carbocycles. The van der Waals surface area contributed by atoms with Gasteiger partial charge in [0.25, 0.3) is 0 Å². The number of carbonyl (C=O) groups excluding carboxylic acids is 1. The number of para-hydroxylation sites is 1. The van der Waals surface area contributed by atoms with Crippen molar-refractivity contribution in [1.29, 1.82) is 0 Å². The molecule has 3 rings (SSSR count). The number of rotatable bonds is 6. The molecule has 5 nitrogen and oxygen atoms in total. The van der Waals surface area contributed by atoms with E-state index in [0.29, 0.717) is 6.54 Å². The molecular formula is C22H30N4O. The molecule has 2 amide bonds. The number of amides is 2. The predicted molar refractivity (Wildman–Crippen MR) is 114 cm³/mol. The zero-order valence-electron chi connectivity index (χ0n) is 16.6. The molecule has 0 bridgehead atoms. The smallest absolute Gasteiger partial charge is 0.321 e. The van der Waals surface area contributed by atoms with Crippen molar-refractivity contribution in [3.63, 3.8) is 0 Å². The Labute approximate surface area is 162 Å². The Morgan fingerprint density at radius 3 is 2.56 bits per heavy atom. The Kier molecular flexibility index (Phi) is 6.22. The van der Waals surface area contributed by atoms with Gasteiger partial charge in [-0.05, 0) is 49.6 Å². The Balaban J connectivity index is 1.67. The van der Waals surface area contributed by atoms with Crippen LogP contribution in [-0.2, 0) is 6.54 Å². The Hall–Kier alpha value is -2.69. The highest BCUT2D eigenvalue weighted by atomic mass is 16.2. The fraction of sp³-hybridized carbons (Fsp3) is 0.409. The van der Waals surface area contributed by atoms with Crippen molar-refractivity contribution in [2.45, 2.75) is 26.3 Å². The van der Waals surface area contributed by atoms with Crippen LogP contribution in [0, 0.1) is 0 Å². The minimum Gasteiger partial charge on any atom is -0.375 e. The van der Waals surface area contributed by atoms with E-state index in [1.807, 2.05) is 38.4 Å². The van der Waals surface area contributed by atoms with Crippen LogP contribution in [0.1, 0.15) is 25.3 Å². The molecule has 5 heteroatoms. The predicted octanol–water partition coefficient (Wildman–Crippen LogP) is 4.41. The van der Waals surface area contributed by atoms with E-state index in [1.165, 1.54) is 24.1 Å². The van der Waals surface area contributed by atoms with Gasteiger partial charge >= 0.3 is 6.03 Å². The molecule has 2 aromatic rings. The number of nitrogens with zero attached hydrogens (tertiary/aromatic N) is 3. The number of carbonyl (C=O) groups is 1. The zero-order valence-corrected chi connectivity index (χ0v) is 16.6. The highest BCUT2D eigenvalue weighted by molar-refractivity contribution is 5.89. The first-order chi connectivity index (χ1) is 13.1. The van der Waals surface area contributed by atoms with Gasteiger partial charge in [0.05, 0.1) is 0 Å². The first-order valence-electron chi connectivity index (χ1n) is 9.74. The van der Waals surface area contributed by atoms with E-state index in [9.17, 15) is 4.79 Å². The van der Waals surface area contributed by atoms with Gasteiger partial charge in [-0.25, -0.2) is 4.79 Å². The highest BCUT2D eigenvalue weighted by Crippen LogP contribution is 2.25. The van der Waals surface area contributed by atoms with Gasteiger partial charge in [-0.3, -0.25) is 0 Å². The summed E-state index contributed by atoms with van der Waals surface area (Å²) in [6, 6.07) is 16.3. The van der Waals surface area contributed by atoms with E-state index in [0.717, 1.165) is 31.0 Å². The van der Waals surface area contributed by atoms with Gasteiger partial charge in [0, 0.05) is 57.3 Å². The van der Waals surface area contributed by atoms with Crippen LogP contribution in [0.3, 0.4) is 0 Å². The molecular weight excluding hydrogens is 336 g/mol. The van der Waals surface area contributed by atoms with Crippen molar-refractivity contribution in [2.24, 2.45) is 0 Å². The second kappa shape index (κ2) is 8.80. The van der Waals surface area contributed by atoms with Crippen molar-refractivity contribution in [2.75, 3.05) is 48.8 Å². The van der Waals surface area contributed by atoms with Gasteiger partial charge in [-0.1, -0.05) is 24.3 Å². The fourth-order valence-electron chi connectivity index (χ4n) is 3.46. The molecule has 1 saturated heterocycles. The van der Waals surface area contributed by atoms with Crippen LogP contribution in [0.15, 0.2) is 48.5 Å². The maximum atomic E-state index is 12.7. The lowest BCUT2D eigenvalue weighted by molar-refractivity contribution is 0.220. The van der Waals surface area contributed by atoms with Crippen molar-refractivity contribution < 1.29 is 4.79 Å². The normalized spacial score (nSPS) is 13.5. The van der Waals surface area contributed by atoms with Crippen LogP contribution >= 0.6 is 0 Å². The number of benzene rings is 2. The summed E-state index contributed by atoms with van der Waals surface area (Å²) in [6.07, 6.45) is 2.49. The van der Waals surface area contributed by atoms with Gasteiger partial charge in [0.1, 0.15) is 0 Å². The molecule has 0 spiro atoms.